The van der Waals surface area contributed by atoms with Crippen LogP contribution in [0.25, 0.3) is 0 Å². The Labute approximate surface area is 207 Å². The lowest BCUT2D eigenvalue weighted by atomic mass is 10.0. The molecule has 35 heavy (non-hydrogen) atoms. The maximum atomic E-state index is 14.0. The van der Waals surface area contributed by atoms with Gasteiger partial charge in [-0.15, -0.1) is 0 Å². The SMILES string of the molecule is O=C(N[C@@H](Cc1ccc(OCCc2ccc3c(n2)NCCC3)cc1)C(=O)O)c1c(F)cccc1Cl. The van der Waals surface area contributed by atoms with Crippen molar-refractivity contribution in [3.63, 3.8) is 0 Å². The molecule has 0 saturated heterocycles. The molecule has 2 aromatic carbocycles. The van der Waals surface area contributed by atoms with Gasteiger partial charge < -0.3 is 20.5 Å². The summed E-state index contributed by atoms with van der Waals surface area (Å²) in [6, 6.07) is 13.6. The molecule has 2 heterocycles. The van der Waals surface area contributed by atoms with Gasteiger partial charge >= 0.3 is 5.97 Å². The molecular formula is C26H25ClFN3O4. The molecule has 7 nitrogen and oxygen atoms in total. The topological polar surface area (TPSA) is 101 Å². The highest BCUT2D eigenvalue weighted by atomic mass is 35.5. The number of carboxylic acids is 1. The Morgan fingerprint density at radius 3 is 2.71 bits per heavy atom. The molecule has 3 N–H and O–H groups in total. The number of amides is 1. The van der Waals surface area contributed by atoms with Crippen LogP contribution < -0.4 is 15.4 Å². The third kappa shape index (κ3) is 6.27. The minimum absolute atomic E-state index is 0.0134. The highest BCUT2D eigenvalue weighted by molar-refractivity contribution is 6.33. The number of pyridine rings is 1. The first-order chi connectivity index (χ1) is 16.9. The number of hydrogen-bond donors (Lipinski definition) is 3. The van der Waals surface area contributed by atoms with Crippen molar-refractivity contribution in [1.29, 1.82) is 0 Å². The number of aromatic nitrogens is 1. The van der Waals surface area contributed by atoms with Crippen molar-refractivity contribution >= 4 is 29.3 Å². The molecule has 1 aromatic heterocycles. The van der Waals surface area contributed by atoms with Crippen molar-refractivity contribution < 1.29 is 23.8 Å². The van der Waals surface area contributed by atoms with Gasteiger partial charge in [0.2, 0.25) is 0 Å². The second-order valence-corrected chi connectivity index (χ2v) is 8.66. The number of aliphatic carboxylic acids is 1. The minimum atomic E-state index is -1.26. The number of benzene rings is 2. The van der Waals surface area contributed by atoms with Gasteiger partial charge in [0, 0.05) is 25.1 Å². The molecule has 0 saturated carbocycles. The van der Waals surface area contributed by atoms with Crippen LogP contribution >= 0.6 is 11.6 Å². The lowest BCUT2D eigenvalue weighted by molar-refractivity contribution is -0.139. The maximum absolute atomic E-state index is 14.0. The van der Waals surface area contributed by atoms with Gasteiger partial charge in [-0.1, -0.05) is 35.9 Å². The fourth-order valence-corrected chi connectivity index (χ4v) is 4.13. The first kappa shape index (κ1) is 24.5. The van der Waals surface area contributed by atoms with Crippen molar-refractivity contribution in [3.8, 4) is 5.75 Å². The van der Waals surface area contributed by atoms with Gasteiger partial charge in [0.05, 0.1) is 17.2 Å². The van der Waals surface area contributed by atoms with Gasteiger partial charge in [-0.25, -0.2) is 14.2 Å². The van der Waals surface area contributed by atoms with E-state index in [0.29, 0.717) is 24.3 Å². The Hall–Kier alpha value is -3.65. The number of nitrogens with one attached hydrogen (secondary N) is 2. The predicted octanol–water partition coefficient (Wildman–Crippen LogP) is 4.28. The number of aryl methyl sites for hydroxylation is 1. The van der Waals surface area contributed by atoms with Gasteiger partial charge in [0.1, 0.15) is 23.4 Å². The molecule has 4 rings (SSSR count). The van der Waals surface area contributed by atoms with Crippen molar-refractivity contribution in [2.75, 3.05) is 18.5 Å². The van der Waals surface area contributed by atoms with Gasteiger partial charge in [-0.05, 0) is 54.3 Å². The second kappa shape index (κ2) is 11.2. The summed E-state index contributed by atoms with van der Waals surface area (Å²) in [7, 11) is 0. The van der Waals surface area contributed by atoms with E-state index in [-0.39, 0.29) is 17.0 Å². The smallest absolute Gasteiger partial charge is 0.326 e. The Balaban J connectivity index is 1.31. The molecule has 0 aliphatic carbocycles. The number of ether oxygens (including phenoxy) is 1. The molecule has 0 unspecified atom stereocenters. The number of carboxylic acid groups (broad SMARTS) is 1. The normalized spacial score (nSPS) is 13.3. The summed E-state index contributed by atoms with van der Waals surface area (Å²) in [5.41, 5.74) is 2.48. The average molecular weight is 498 g/mol. The molecule has 0 spiro atoms. The summed E-state index contributed by atoms with van der Waals surface area (Å²) in [6.07, 6.45) is 2.83. The van der Waals surface area contributed by atoms with E-state index >= 15 is 0 Å². The summed E-state index contributed by atoms with van der Waals surface area (Å²) < 4.78 is 19.8. The second-order valence-electron chi connectivity index (χ2n) is 8.25. The Kier molecular flexibility index (Phi) is 7.82. The minimum Gasteiger partial charge on any atom is -0.493 e. The maximum Gasteiger partial charge on any atom is 0.326 e. The number of rotatable bonds is 9. The molecule has 182 valence electrons. The first-order valence-electron chi connectivity index (χ1n) is 11.3. The van der Waals surface area contributed by atoms with Gasteiger partial charge in [0.25, 0.3) is 5.91 Å². The van der Waals surface area contributed by atoms with Crippen LogP contribution in [0.5, 0.6) is 5.75 Å². The third-order valence-corrected chi connectivity index (χ3v) is 6.05. The first-order valence-corrected chi connectivity index (χ1v) is 11.7. The number of nitrogens with zero attached hydrogens (tertiary/aromatic N) is 1. The molecular weight excluding hydrogens is 473 g/mol. The van der Waals surface area contributed by atoms with E-state index in [0.717, 1.165) is 37.0 Å². The number of fused-ring (bicyclic) bond motifs is 1. The van der Waals surface area contributed by atoms with Crippen LogP contribution in [0.3, 0.4) is 0 Å². The zero-order valence-corrected chi connectivity index (χ0v) is 19.6. The molecule has 9 heteroatoms. The molecule has 0 radical (unpaired) electrons. The fraction of sp³-hybridized carbons (Fsp3) is 0.269. The van der Waals surface area contributed by atoms with E-state index in [1.807, 2.05) is 6.07 Å². The quantitative estimate of drug-likeness (QED) is 0.408. The molecule has 0 fully saturated rings. The lowest BCUT2D eigenvalue weighted by Gasteiger charge is -2.17. The van der Waals surface area contributed by atoms with Crippen LogP contribution in [0.4, 0.5) is 10.2 Å². The fourth-order valence-electron chi connectivity index (χ4n) is 3.88. The van der Waals surface area contributed by atoms with Crippen molar-refractivity contribution in [2.45, 2.75) is 31.7 Å². The number of carbonyl (C=O) groups is 2. The van der Waals surface area contributed by atoms with Gasteiger partial charge in [-0.3, -0.25) is 4.79 Å². The Morgan fingerprint density at radius 2 is 1.97 bits per heavy atom. The zero-order valence-electron chi connectivity index (χ0n) is 18.9. The van der Waals surface area contributed by atoms with E-state index < -0.39 is 23.7 Å². The lowest BCUT2D eigenvalue weighted by Crippen LogP contribution is -2.42. The molecule has 0 bridgehead atoms. The van der Waals surface area contributed by atoms with E-state index in [9.17, 15) is 19.1 Å². The van der Waals surface area contributed by atoms with Crippen molar-refractivity contribution in [1.82, 2.24) is 10.3 Å². The summed E-state index contributed by atoms with van der Waals surface area (Å²) in [5, 5.41) is 15.1. The van der Waals surface area contributed by atoms with Crippen LogP contribution in [0, 0.1) is 5.82 Å². The molecule has 1 aliphatic rings. The number of halogens is 2. The number of anilines is 1. The molecule has 1 atom stereocenters. The van der Waals surface area contributed by atoms with Crippen molar-refractivity contribution in [2.24, 2.45) is 0 Å². The Bertz CT molecular complexity index is 1200. The standard InChI is InChI=1S/C26H25ClFN3O4/c27-20-4-1-5-21(28)23(20)25(32)31-22(26(33)34)15-16-6-10-19(11-7-16)35-14-12-18-9-8-17-3-2-13-29-24(17)30-18/h1,4-11,22H,2-3,12-15H2,(H,29,30)(H,31,32)(H,33,34)/t22-/m0/s1. The zero-order chi connectivity index (χ0) is 24.8. The number of hydrogen-bond acceptors (Lipinski definition) is 5. The van der Waals surface area contributed by atoms with E-state index in [4.69, 9.17) is 16.3 Å². The highest BCUT2D eigenvalue weighted by Gasteiger charge is 2.24. The van der Waals surface area contributed by atoms with E-state index in [2.05, 4.69) is 21.7 Å². The van der Waals surface area contributed by atoms with Gasteiger partial charge in [0.15, 0.2) is 0 Å². The van der Waals surface area contributed by atoms with E-state index in [1.165, 1.54) is 17.7 Å². The molecule has 3 aromatic rings. The highest BCUT2D eigenvalue weighted by Crippen LogP contribution is 2.21. The summed E-state index contributed by atoms with van der Waals surface area (Å²) in [6.45, 7) is 1.39. The van der Waals surface area contributed by atoms with Crippen LogP contribution in [0.2, 0.25) is 5.02 Å². The molecule has 1 aliphatic heterocycles. The largest absolute Gasteiger partial charge is 0.493 e. The third-order valence-electron chi connectivity index (χ3n) is 5.74. The predicted molar refractivity (Wildman–Crippen MR) is 131 cm³/mol. The van der Waals surface area contributed by atoms with Crippen LogP contribution in [-0.4, -0.2) is 41.2 Å². The van der Waals surface area contributed by atoms with E-state index in [1.54, 1.807) is 24.3 Å². The molecule has 1 amide bonds. The number of carbonyl (C=O) groups excluding carboxylic acids is 1. The average Bonchev–Trinajstić information content (AvgIpc) is 2.84. The monoisotopic (exact) mass is 497 g/mol. The Morgan fingerprint density at radius 1 is 1.17 bits per heavy atom. The van der Waals surface area contributed by atoms with Crippen molar-refractivity contribution in [3.05, 3.63) is 87.8 Å². The summed E-state index contributed by atoms with van der Waals surface area (Å²) in [4.78, 5) is 28.8. The summed E-state index contributed by atoms with van der Waals surface area (Å²) >= 11 is 5.91. The van der Waals surface area contributed by atoms with Crippen LogP contribution in [-0.2, 0) is 24.1 Å². The van der Waals surface area contributed by atoms with Gasteiger partial charge in [-0.2, -0.15) is 0 Å². The van der Waals surface area contributed by atoms with Crippen LogP contribution in [0.1, 0.15) is 33.6 Å². The van der Waals surface area contributed by atoms with Crippen LogP contribution in [0.15, 0.2) is 54.6 Å². The summed E-state index contributed by atoms with van der Waals surface area (Å²) in [5.74, 6) is -1.35.